The molecule has 0 aromatic heterocycles. The Hall–Kier alpha value is -2.01. The summed E-state index contributed by atoms with van der Waals surface area (Å²) in [5, 5.41) is 0. The Kier molecular flexibility index (Phi) is 5.83. The monoisotopic (exact) mass is 305 g/mol. The molecule has 1 unspecified atom stereocenters. The van der Waals surface area contributed by atoms with Crippen molar-refractivity contribution < 1.29 is 19.0 Å². The lowest BCUT2D eigenvalue weighted by atomic mass is 10.1. The fourth-order valence-corrected chi connectivity index (χ4v) is 2.29. The maximum absolute atomic E-state index is 11.5. The second kappa shape index (κ2) is 7.84. The molecule has 1 amide bonds. The molecule has 2 rings (SSSR count). The van der Waals surface area contributed by atoms with Crippen LogP contribution in [0.3, 0.4) is 0 Å². The first-order valence-corrected chi connectivity index (χ1v) is 7.44. The number of rotatable bonds is 9. The number of carbonyl (C=O) groups excluding carboxylic acids is 1. The molecular weight excluding hydrogens is 282 g/mol. The molecule has 1 heterocycles. The zero-order chi connectivity index (χ0) is 15.9. The summed E-state index contributed by atoms with van der Waals surface area (Å²) in [5.74, 6) is 0.954. The number of ether oxygens (including phenoxy) is 3. The van der Waals surface area contributed by atoms with Gasteiger partial charge in [0.1, 0.15) is 5.75 Å². The fraction of sp³-hybridized carbons (Fsp3) is 0.471. The molecule has 0 bridgehead atoms. The standard InChI is InChI=1S/C17H23NO4/c1-4-21-17-11-16(19)18(17)10-9-13(2)22-12-14-5-7-15(20-3)8-6-14/h4-8,13,17H,1,9-12H2,2-3H3/t13-,17?/m0/s1. The number of nitrogens with zero attached hydrogens (tertiary/aromatic N) is 1. The Balaban J connectivity index is 1.70. The van der Waals surface area contributed by atoms with Gasteiger partial charge in [-0.15, -0.1) is 0 Å². The van der Waals surface area contributed by atoms with Crippen molar-refractivity contribution in [1.29, 1.82) is 0 Å². The molecule has 0 radical (unpaired) electrons. The predicted molar refractivity (Wildman–Crippen MR) is 83.3 cm³/mol. The van der Waals surface area contributed by atoms with Crippen molar-refractivity contribution in [3.8, 4) is 5.75 Å². The number of amides is 1. The van der Waals surface area contributed by atoms with Crippen molar-refractivity contribution in [2.75, 3.05) is 13.7 Å². The molecule has 2 atom stereocenters. The van der Waals surface area contributed by atoms with E-state index in [0.29, 0.717) is 19.6 Å². The van der Waals surface area contributed by atoms with Crippen LogP contribution in [0.25, 0.3) is 0 Å². The summed E-state index contributed by atoms with van der Waals surface area (Å²) in [5.41, 5.74) is 1.10. The van der Waals surface area contributed by atoms with Crippen molar-refractivity contribution >= 4 is 5.91 Å². The summed E-state index contributed by atoms with van der Waals surface area (Å²) < 4.78 is 16.2. The van der Waals surface area contributed by atoms with Gasteiger partial charge in [-0.2, -0.15) is 0 Å². The van der Waals surface area contributed by atoms with Crippen molar-refractivity contribution in [1.82, 2.24) is 4.90 Å². The zero-order valence-corrected chi connectivity index (χ0v) is 13.2. The molecule has 0 N–H and O–H groups in total. The van der Waals surface area contributed by atoms with Gasteiger partial charge < -0.3 is 19.1 Å². The minimum Gasteiger partial charge on any atom is -0.497 e. The van der Waals surface area contributed by atoms with E-state index in [1.165, 1.54) is 6.26 Å². The average Bonchev–Trinajstić information content (AvgIpc) is 2.53. The van der Waals surface area contributed by atoms with Crippen LogP contribution < -0.4 is 4.74 Å². The molecule has 1 aromatic rings. The average molecular weight is 305 g/mol. The lowest BCUT2D eigenvalue weighted by Crippen LogP contribution is -2.53. The maximum Gasteiger partial charge on any atom is 0.231 e. The zero-order valence-electron chi connectivity index (χ0n) is 13.2. The molecule has 1 aliphatic rings. The normalized spacial score (nSPS) is 18.5. The molecule has 120 valence electrons. The third-order valence-electron chi connectivity index (χ3n) is 3.74. The summed E-state index contributed by atoms with van der Waals surface area (Å²) in [4.78, 5) is 13.2. The van der Waals surface area contributed by atoms with E-state index in [2.05, 4.69) is 6.58 Å². The molecule has 1 saturated heterocycles. The van der Waals surface area contributed by atoms with Crippen LogP contribution in [0.1, 0.15) is 25.3 Å². The lowest BCUT2D eigenvalue weighted by Gasteiger charge is -2.39. The van der Waals surface area contributed by atoms with Gasteiger partial charge in [0.15, 0.2) is 6.23 Å². The van der Waals surface area contributed by atoms with E-state index in [0.717, 1.165) is 17.7 Å². The highest BCUT2D eigenvalue weighted by molar-refractivity contribution is 5.82. The van der Waals surface area contributed by atoms with Crippen molar-refractivity contribution in [2.24, 2.45) is 0 Å². The topological polar surface area (TPSA) is 48.0 Å². The van der Waals surface area contributed by atoms with Crippen LogP contribution in [0, 0.1) is 0 Å². The Labute approximate surface area is 131 Å². The van der Waals surface area contributed by atoms with Gasteiger partial charge in [0.25, 0.3) is 0 Å². The van der Waals surface area contributed by atoms with E-state index >= 15 is 0 Å². The molecule has 1 aliphatic heterocycles. The van der Waals surface area contributed by atoms with Crippen molar-refractivity contribution in [3.63, 3.8) is 0 Å². The van der Waals surface area contributed by atoms with Crippen molar-refractivity contribution in [3.05, 3.63) is 42.7 Å². The van der Waals surface area contributed by atoms with Gasteiger partial charge in [-0.3, -0.25) is 4.79 Å². The lowest BCUT2D eigenvalue weighted by molar-refractivity contribution is -0.166. The molecule has 0 saturated carbocycles. The Morgan fingerprint density at radius 3 is 2.73 bits per heavy atom. The van der Waals surface area contributed by atoms with Gasteiger partial charge in [0, 0.05) is 6.54 Å². The molecule has 5 nitrogen and oxygen atoms in total. The van der Waals surface area contributed by atoms with Gasteiger partial charge in [-0.05, 0) is 31.0 Å². The van der Waals surface area contributed by atoms with Gasteiger partial charge in [0.05, 0.1) is 32.5 Å². The second-order valence-electron chi connectivity index (χ2n) is 5.31. The van der Waals surface area contributed by atoms with Gasteiger partial charge in [-0.1, -0.05) is 18.7 Å². The largest absolute Gasteiger partial charge is 0.497 e. The quantitative estimate of drug-likeness (QED) is 0.520. The van der Waals surface area contributed by atoms with Crippen LogP contribution in [0.15, 0.2) is 37.1 Å². The molecule has 1 fully saturated rings. The third kappa shape index (κ3) is 4.24. The van der Waals surface area contributed by atoms with E-state index < -0.39 is 0 Å². The molecular formula is C17H23NO4. The van der Waals surface area contributed by atoms with E-state index in [4.69, 9.17) is 14.2 Å². The van der Waals surface area contributed by atoms with Crippen LogP contribution in [-0.2, 0) is 20.9 Å². The molecule has 22 heavy (non-hydrogen) atoms. The summed E-state index contributed by atoms with van der Waals surface area (Å²) in [7, 11) is 1.65. The third-order valence-corrected chi connectivity index (χ3v) is 3.74. The smallest absolute Gasteiger partial charge is 0.231 e. The highest BCUT2D eigenvalue weighted by Crippen LogP contribution is 2.21. The number of likely N-dealkylation sites (tertiary alicyclic amines) is 1. The van der Waals surface area contributed by atoms with E-state index in [1.807, 2.05) is 31.2 Å². The number of methoxy groups -OCH3 is 1. The number of hydrogen-bond acceptors (Lipinski definition) is 4. The molecule has 5 heteroatoms. The highest BCUT2D eigenvalue weighted by Gasteiger charge is 2.36. The number of benzene rings is 1. The summed E-state index contributed by atoms with van der Waals surface area (Å²) in [6, 6.07) is 7.80. The number of hydrogen-bond donors (Lipinski definition) is 0. The van der Waals surface area contributed by atoms with Crippen LogP contribution >= 0.6 is 0 Å². The van der Waals surface area contributed by atoms with Crippen LogP contribution in [0.2, 0.25) is 0 Å². The Bertz CT molecular complexity index is 498. The first-order chi connectivity index (χ1) is 10.6. The van der Waals surface area contributed by atoms with Crippen molar-refractivity contribution in [2.45, 2.75) is 38.7 Å². The van der Waals surface area contributed by atoms with Crippen LogP contribution in [0.5, 0.6) is 5.75 Å². The number of carbonyl (C=O) groups is 1. The van der Waals surface area contributed by atoms with Gasteiger partial charge in [0.2, 0.25) is 5.91 Å². The van der Waals surface area contributed by atoms with E-state index in [9.17, 15) is 4.79 Å². The predicted octanol–water partition coefficient (Wildman–Crippen LogP) is 2.71. The Morgan fingerprint density at radius 2 is 2.14 bits per heavy atom. The highest BCUT2D eigenvalue weighted by atomic mass is 16.5. The second-order valence-corrected chi connectivity index (χ2v) is 5.31. The summed E-state index contributed by atoms with van der Waals surface area (Å²) in [6.45, 7) is 6.72. The van der Waals surface area contributed by atoms with Gasteiger partial charge >= 0.3 is 0 Å². The molecule has 0 aliphatic carbocycles. The summed E-state index contributed by atoms with van der Waals surface area (Å²) >= 11 is 0. The Morgan fingerprint density at radius 1 is 1.41 bits per heavy atom. The molecule has 0 spiro atoms. The van der Waals surface area contributed by atoms with Crippen LogP contribution in [-0.4, -0.2) is 36.8 Å². The minimum absolute atomic E-state index is 0.0693. The van der Waals surface area contributed by atoms with Crippen LogP contribution in [0.4, 0.5) is 0 Å². The maximum atomic E-state index is 11.5. The van der Waals surface area contributed by atoms with E-state index in [-0.39, 0.29) is 18.2 Å². The minimum atomic E-state index is -0.154. The first-order valence-electron chi connectivity index (χ1n) is 7.44. The summed E-state index contributed by atoms with van der Waals surface area (Å²) in [6.07, 6.45) is 2.51. The van der Waals surface area contributed by atoms with E-state index in [1.54, 1.807) is 12.0 Å². The SMILES string of the molecule is C=COC1CC(=O)N1CC[C@H](C)OCc1ccc(OC)cc1. The molecule has 1 aromatic carbocycles. The fourth-order valence-electron chi connectivity index (χ4n) is 2.29. The van der Waals surface area contributed by atoms with Gasteiger partial charge in [-0.25, -0.2) is 0 Å². The number of β-lactam (4-membered cyclic amide) rings is 1. The first kappa shape index (κ1) is 16.4.